The number of nitrogens with zero attached hydrogens (tertiary/aromatic N) is 6. The van der Waals surface area contributed by atoms with Crippen LogP contribution in [0.5, 0.6) is 11.6 Å². The molecule has 0 aliphatic carbocycles. The standard InChI is InChI=1S/C26H28F2N6O5/c1-33(17-10-18-12-26(27,28)22(11-17)34(18)25(35)36)23-7-6-20(30-31-23)19-5-4-15(8-21(19)39-14-37-2)16-9-24(38-3)32-29-13-16/h4-9,13,17-18,22H,10-12,14H2,1-3H3,(H,35,36)/t17-,18+,22-/m1/s1. The molecule has 2 bridgehead atoms. The Bertz CT molecular complexity index is 1340. The summed E-state index contributed by atoms with van der Waals surface area (Å²) in [5.74, 6) is -1.65. The molecule has 5 rings (SSSR count). The predicted molar refractivity (Wildman–Crippen MR) is 136 cm³/mol. The molecule has 11 nitrogen and oxygen atoms in total. The van der Waals surface area contributed by atoms with Crippen LogP contribution in [0.1, 0.15) is 19.3 Å². The molecule has 39 heavy (non-hydrogen) atoms. The van der Waals surface area contributed by atoms with Gasteiger partial charge in [-0.25, -0.2) is 13.6 Å². The molecule has 0 unspecified atom stereocenters. The largest absolute Gasteiger partial charge is 0.480 e. The second-order valence-corrected chi connectivity index (χ2v) is 9.59. The Labute approximate surface area is 223 Å². The summed E-state index contributed by atoms with van der Waals surface area (Å²) in [6, 6.07) is 8.50. The molecule has 3 atom stereocenters. The van der Waals surface area contributed by atoms with Gasteiger partial charge in [0.25, 0.3) is 5.92 Å². The van der Waals surface area contributed by atoms with Gasteiger partial charge in [-0.15, -0.1) is 15.3 Å². The Morgan fingerprint density at radius 1 is 1.13 bits per heavy atom. The number of amides is 1. The van der Waals surface area contributed by atoms with Crippen molar-refractivity contribution in [2.45, 2.75) is 43.3 Å². The number of rotatable bonds is 8. The summed E-state index contributed by atoms with van der Waals surface area (Å²) in [6.07, 6.45) is 0.168. The van der Waals surface area contributed by atoms with E-state index in [1.807, 2.05) is 18.2 Å². The maximum atomic E-state index is 14.5. The van der Waals surface area contributed by atoms with Crippen LogP contribution in [0.2, 0.25) is 0 Å². The van der Waals surface area contributed by atoms with Crippen molar-refractivity contribution >= 4 is 11.9 Å². The van der Waals surface area contributed by atoms with E-state index >= 15 is 0 Å². The minimum atomic E-state index is -3.05. The van der Waals surface area contributed by atoms with Crippen LogP contribution in [0.25, 0.3) is 22.4 Å². The lowest BCUT2D eigenvalue weighted by atomic mass is 9.96. The summed E-state index contributed by atoms with van der Waals surface area (Å²) in [7, 11) is 4.80. The minimum absolute atomic E-state index is 0.0147. The van der Waals surface area contributed by atoms with Crippen LogP contribution in [0, 0.1) is 0 Å². The van der Waals surface area contributed by atoms with E-state index < -0.39 is 30.5 Å². The first kappa shape index (κ1) is 26.5. The van der Waals surface area contributed by atoms with Gasteiger partial charge in [-0.3, -0.25) is 4.90 Å². The highest BCUT2D eigenvalue weighted by molar-refractivity contribution is 5.75. The summed E-state index contributed by atoms with van der Waals surface area (Å²) in [5.41, 5.74) is 2.83. The molecule has 1 N–H and O–H groups in total. The molecule has 13 heteroatoms. The van der Waals surface area contributed by atoms with E-state index in [-0.39, 0.29) is 19.3 Å². The third-order valence-corrected chi connectivity index (χ3v) is 7.31. The number of anilines is 1. The van der Waals surface area contributed by atoms with E-state index in [0.717, 1.165) is 16.0 Å². The maximum Gasteiger partial charge on any atom is 0.408 e. The highest BCUT2D eigenvalue weighted by atomic mass is 19.3. The topological polar surface area (TPSA) is 123 Å². The molecule has 0 saturated carbocycles. The highest BCUT2D eigenvalue weighted by Gasteiger charge is 2.59. The van der Waals surface area contributed by atoms with Gasteiger partial charge in [0.05, 0.1) is 19.0 Å². The van der Waals surface area contributed by atoms with Gasteiger partial charge in [0, 0.05) is 49.9 Å². The number of carboxylic acid groups (broad SMARTS) is 1. The molecule has 2 saturated heterocycles. The van der Waals surface area contributed by atoms with E-state index in [1.54, 1.807) is 36.3 Å². The molecule has 0 spiro atoms. The van der Waals surface area contributed by atoms with E-state index in [9.17, 15) is 18.7 Å². The summed E-state index contributed by atoms with van der Waals surface area (Å²) >= 11 is 0. The Morgan fingerprint density at radius 3 is 2.62 bits per heavy atom. The number of methoxy groups -OCH3 is 2. The Kier molecular flexibility index (Phi) is 7.17. The number of piperidine rings is 1. The quantitative estimate of drug-likeness (QED) is 0.419. The molecule has 1 amide bonds. The number of hydrogen-bond donors (Lipinski definition) is 1. The van der Waals surface area contributed by atoms with Gasteiger partial charge in [-0.1, -0.05) is 6.07 Å². The molecule has 2 fully saturated rings. The number of ether oxygens (including phenoxy) is 3. The molecular formula is C26H28F2N6O5. The third-order valence-electron chi connectivity index (χ3n) is 7.31. The van der Waals surface area contributed by atoms with Crippen molar-refractivity contribution < 1.29 is 32.9 Å². The van der Waals surface area contributed by atoms with Crippen LogP contribution in [0.15, 0.2) is 42.6 Å². The normalized spacial score (nSPS) is 21.5. The fourth-order valence-electron chi connectivity index (χ4n) is 5.37. The minimum Gasteiger partial charge on any atom is -0.480 e. The molecule has 3 aromatic rings. The van der Waals surface area contributed by atoms with E-state index in [2.05, 4.69) is 20.4 Å². The lowest BCUT2D eigenvalue weighted by Crippen LogP contribution is -2.54. The number of aromatic nitrogens is 4. The first-order valence-electron chi connectivity index (χ1n) is 12.3. The van der Waals surface area contributed by atoms with Crippen molar-refractivity contribution in [3.8, 4) is 34.0 Å². The van der Waals surface area contributed by atoms with Crippen LogP contribution in [-0.4, -0.2) is 88.6 Å². The SMILES string of the molecule is COCOc1cc(-c2cnnc(OC)c2)ccc1-c1ccc(N(C)[C@@H]2C[C@H]3CC(F)(F)[C@@H](C2)N3C(=O)O)nn1. The van der Waals surface area contributed by atoms with Crippen LogP contribution >= 0.6 is 0 Å². The zero-order valence-electron chi connectivity index (χ0n) is 21.6. The molecule has 0 radical (unpaired) electrons. The fraction of sp³-hybridized carbons (Fsp3) is 0.423. The van der Waals surface area contributed by atoms with Crippen molar-refractivity contribution in [1.82, 2.24) is 25.3 Å². The molecule has 2 aromatic heterocycles. The molecular weight excluding hydrogens is 514 g/mol. The van der Waals surface area contributed by atoms with E-state index in [4.69, 9.17) is 14.2 Å². The number of alkyl halides is 2. The summed E-state index contributed by atoms with van der Waals surface area (Å²) in [6.45, 7) is 0.0185. The number of hydrogen-bond acceptors (Lipinski definition) is 9. The molecule has 2 aliphatic rings. The number of benzene rings is 1. The van der Waals surface area contributed by atoms with Gasteiger partial charge in [0.1, 0.15) is 11.8 Å². The van der Waals surface area contributed by atoms with Crippen molar-refractivity contribution in [3.63, 3.8) is 0 Å². The van der Waals surface area contributed by atoms with Gasteiger partial charge < -0.3 is 24.2 Å². The second kappa shape index (κ2) is 10.6. The first-order chi connectivity index (χ1) is 18.7. The smallest absolute Gasteiger partial charge is 0.408 e. The fourth-order valence-corrected chi connectivity index (χ4v) is 5.37. The van der Waals surface area contributed by atoms with Gasteiger partial charge in [0.15, 0.2) is 12.6 Å². The van der Waals surface area contributed by atoms with Gasteiger partial charge in [0.2, 0.25) is 5.88 Å². The van der Waals surface area contributed by atoms with Crippen molar-refractivity contribution in [2.24, 2.45) is 0 Å². The number of carbonyl (C=O) groups is 1. The van der Waals surface area contributed by atoms with Crippen LogP contribution < -0.4 is 14.4 Å². The first-order valence-corrected chi connectivity index (χ1v) is 12.3. The monoisotopic (exact) mass is 542 g/mol. The van der Waals surface area contributed by atoms with Gasteiger partial charge in [-0.05, 0) is 42.7 Å². The zero-order valence-corrected chi connectivity index (χ0v) is 21.6. The van der Waals surface area contributed by atoms with Gasteiger partial charge >= 0.3 is 6.09 Å². The predicted octanol–water partition coefficient (Wildman–Crippen LogP) is 3.95. The zero-order chi connectivity index (χ0) is 27.7. The van der Waals surface area contributed by atoms with Crippen molar-refractivity contribution in [3.05, 3.63) is 42.6 Å². The number of halogens is 2. The summed E-state index contributed by atoms with van der Waals surface area (Å²) in [4.78, 5) is 14.3. The average molecular weight is 543 g/mol. The van der Waals surface area contributed by atoms with E-state index in [1.165, 1.54) is 14.2 Å². The average Bonchev–Trinajstić information content (AvgIpc) is 3.11. The molecule has 1 aromatic carbocycles. The van der Waals surface area contributed by atoms with Crippen molar-refractivity contribution in [1.29, 1.82) is 0 Å². The van der Waals surface area contributed by atoms with Crippen LogP contribution in [-0.2, 0) is 4.74 Å². The Hall–Kier alpha value is -4.13. The van der Waals surface area contributed by atoms with Gasteiger partial charge in [-0.2, -0.15) is 5.10 Å². The second-order valence-electron chi connectivity index (χ2n) is 9.59. The lowest BCUT2D eigenvalue weighted by molar-refractivity contribution is -0.0363. The maximum absolute atomic E-state index is 14.5. The highest BCUT2D eigenvalue weighted by Crippen LogP contribution is 2.47. The van der Waals surface area contributed by atoms with E-state index in [0.29, 0.717) is 35.1 Å². The van der Waals surface area contributed by atoms with Crippen LogP contribution in [0.3, 0.4) is 0 Å². The molecule has 2 aliphatic heterocycles. The summed E-state index contributed by atoms with van der Waals surface area (Å²) in [5, 5.41) is 26.0. The lowest BCUT2D eigenvalue weighted by Gasteiger charge is -2.41. The molecule has 4 heterocycles. The third kappa shape index (κ3) is 5.13. The Balaban J connectivity index is 1.38. The number of fused-ring (bicyclic) bond motifs is 2. The molecule has 206 valence electrons. The van der Waals surface area contributed by atoms with Crippen molar-refractivity contribution in [2.75, 3.05) is 33.0 Å². The Morgan fingerprint density at radius 2 is 1.95 bits per heavy atom. The summed E-state index contributed by atoms with van der Waals surface area (Å²) < 4.78 is 45.1. The van der Waals surface area contributed by atoms with Crippen LogP contribution in [0.4, 0.5) is 19.4 Å².